The summed E-state index contributed by atoms with van der Waals surface area (Å²) < 4.78 is 14.3. The number of hydrogen-bond acceptors (Lipinski definition) is 4. The molecular formula is C23H24BFN2O3. The fraction of sp³-hybridized carbons (Fsp3) is 0.261. The van der Waals surface area contributed by atoms with Crippen LogP contribution in [-0.2, 0) is 6.54 Å². The number of hydrogen-bond donors (Lipinski definition) is 3. The van der Waals surface area contributed by atoms with Gasteiger partial charge in [-0.1, -0.05) is 42.5 Å². The van der Waals surface area contributed by atoms with Crippen LogP contribution in [0, 0.1) is 5.82 Å². The maximum Gasteiger partial charge on any atom is 0.488 e. The Morgan fingerprint density at radius 2 is 1.87 bits per heavy atom. The SMILES string of the molecule is NCc1ccc(F)c(C2CCN(C(=O)c3cccc4ccc(B(O)O)cc34)CC2)c1. The van der Waals surface area contributed by atoms with Crippen molar-refractivity contribution >= 4 is 29.3 Å². The Balaban J connectivity index is 1.54. The quantitative estimate of drug-likeness (QED) is 0.580. The molecule has 4 N–H and O–H groups in total. The molecule has 0 spiro atoms. The fourth-order valence-electron chi connectivity index (χ4n) is 4.23. The lowest BCUT2D eigenvalue weighted by Crippen LogP contribution is -2.38. The molecule has 0 unspecified atom stereocenters. The van der Waals surface area contributed by atoms with Crippen LogP contribution in [0.2, 0.25) is 0 Å². The first-order chi connectivity index (χ1) is 14.5. The second-order valence-electron chi connectivity index (χ2n) is 7.79. The van der Waals surface area contributed by atoms with E-state index in [-0.39, 0.29) is 17.6 Å². The van der Waals surface area contributed by atoms with E-state index in [4.69, 9.17) is 5.73 Å². The number of carbonyl (C=O) groups excluding carboxylic acids is 1. The van der Waals surface area contributed by atoms with Gasteiger partial charge in [0.15, 0.2) is 0 Å². The van der Waals surface area contributed by atoms with Crippen molar-refractivity contribution in [1.82, 2.24) is 4.90 Å². The summed E-state index contributed by atoms with van der Waals surface area (Å²) in [7, 11) is -1.59. The van der Waals surface area contributed by atoms with E-state index in [2.05, 4.69) is 0 Å². The van der Waals surface area contributed by atoms with Crippen molar-refractivity contribution in [2.24, 2.45) is 5.73 Å². The molecule has 1 aliphatic rings. The van der Waals surface area contributed by atoms with Crippen LogP contribution in [0.5, 0.6) is 0 Å². The van der Waals surface area contributed by atoms with Gasteiger partial charge in [0, 0.05) is 25.2 Å². The number of halogens is 1. The molecule has 0 aliphatic carbocycles. The molecule has 0 aromatic heterocycles. The molecule has 0 bridgehead atoms. The number of benzene rings is 3. The highest BCUT2D eigenvalue weighted by atomic mass is 19.1. The van der Waals surface area contributed by atoms with Crippen LogP contribution in [0.15, 0.2) is 54.6 Å². The van der Waals surface area contributed by atoms with Gasteiger partial charge in [0.25, 0.3) is 5.91 Å². The standard InChI is InChI=1S/C23H24BFN2O3/c25-22-7-4-15(14-26)12-21(22)17-8-10-27(11-9-17)23(28)19-3-1-2-16-5-6-18(24(29)30)13-20(16)19/h1-7,12-13,17,29-30H,8-11,14,26H2. The fourth-order valence-corrected chi connectivity index (χ4v) is 4.23. The summed E-state index contributed by atoms with van der Waals surface area (Å²) in [5, 5.41) is 20.5. The summed E-state index contributed by atoms with van der Waals surface area (Å²) in [6.07, 6.45) is 1.37. The van der Waals surface area contributed by atoms with E-state index in [9.17, 15) is 19.2 Å². The molecule has 1 aliphatic heterocycles. The molecule has 0 atom stereocenters. The van der Waals surface area contributed by atoms with Gasteiger partial charge in [0.1, 0.15) is 5.82 Å². The van der Waals surface area contributed by atoms with Crippen molar-refractivity contribution in [1.29, 1.82) is 0 Å². The number of nitrogens with two attached hydrogens (primary N) is 1. The molecule has 1 amide bonds. The predicted octanol–water partition coefficient (Wildman–Crippen LogP) is 2.14. The van der Waals surface area contributed by atoms with Crippen LogP contribution >= 0.6 is 0 Å². The summed E-state index contributed by atoms with van der Waals surface area (Å²) in [4.78, 5) is 15.0. The molecule has 4 rings (SSSR count). The van der Waals surface area contributed by atoms with Gasteiger partial charge < -0.3 is 20.7 Å². The van der Waals surface area contributed by atoms with Crippen molar-refractivity contribution in [3.8, 4) is 0 Å². The number of amides is 1. The number of piperidine rings is 1. The second kappa shape index (κ2) is 8.56. The normalized spacial score (nSPS) is 14.9. The third kappa shape index (κ3) is 3.96. The Morgan fingerprint density at radius 3 is 2.57 bits per heavy atom. The highest BCUT2D eigenvalue weighted by molar-refractivity contribution is 6.59. The molecule has 3 aromatic rings. The molecule has 5 nitrogen and oxygen atoms in total. The van der Waals surface area contributed by atoms with Crippen molar-refractivity contribution in [2.45, 2.75) is 25.3 Å². The molecule has 3 aromatic carbocycles. The Kier molecular flexibility index (Phi) is 5.86. The maximum atomic E-state index is 14.3. The van der Waals surface area contributed by atoms with Crippen LogP contribution in [0.3, 0.4) is 0 Å². The minimum absolute atomic E-state index is 0.0595. The van der Waals surface area contributed by atoms with Gasteiger partial charge in [0.2, 0.25) is 0 Å². The Labute approximate surface area is 175 Å². The van der Waals surface area contributed by atoms with Crippen molar-refractivity contribution in [2.75, 3.05) is 13.1 Å². The Bertz CT molecular complexity index is 1080. The monoisotopic (exact) mass is 406 g/mol. The third-order valence-corrected chi connectivity index (χ3v) is 5.95. The smallest absolute Gasteiger partial charge is 0.423 e. The predicted molar refractivity (Wildman–Crippen MR) is 116 cm³/mol. The average molecular weight is 406 g/mol. The van der Waals surface area contributed by atoms with Gasteiger partial charge in [-0.15, -0.1) is 0 Å². The van der Waals surface area contributed by atoms with Gasteiger partial charge >= 0.3 is 7.12 Å². The Morgan fingerprint density at radius 1 is 1.10 bits per heavy atom. The lowest BCUT2D eigenvalue weighted by molar-refractivity contribution is 0.0714. The van der Waals surface area contributed by atoms with Crippen molar-refractivity contribution < 1.29 is 19.2 Å². The molecule has 7 heteroatoms. The zero-order chi connectivity index (χ0) is 21.3. The summed E-state index contributed by atoms with van der Waals surface area (Å²) in [5.41, 5.74) is 8.15. The molecule has 0 saturated carbocycles. The van der Waals surface area contributed by atoms with Gasteiger partial charge in [0.05, 0.1) is 0 Å². The zero-order valence-electron chi connectivity index (χ0n) is 16.6. The summed E-state index contributed by atoms with van der Waals surface area (Å²) in [5.74, 6) is -0.259. The van der Waals surface area contributed by atoms with Gasteiger partial charge in [-0.25, -0.2) is 4.39 Å². The molecule has 0 radical (unpaired) electrons. The molecule has 154 valence electrons. The number of fused-ring (bicyclic) bond motifs is 1. The number of carbonyl (C=O) groups is 1. The van der Waals surface area contributed by atoms with E-state index in [0.717, 1.165) is 10.9 Å². The van der Waals surface area contributed by atoms with Crippen LogP contribution in [0.1, 0.15) is 40.2 Å². The lowest BCUT2D eigenvalue weighted by Gasteiger charge is -2.33. The van der Waals surface area contributed by atoms with Crippen LogP contribution in [0.4, 0.5) is 4.39 Å². The van der Waals surface area contributed by atoms with E-state index in [1.165, 1.54) is 6.07 Å². The molecular weight excluding hydrogens is 382 g/mol. The third-order valence-electron chi connectivity index (χ3n) is 5.95. The van der Waals surface area contributed by atoms with Gasteiger partial charge in [-0.3, -0.25) is 4.79 Å². The number of rotatable bonds is 4. The molecule has 30 heavy (non-hydrogen) atoms. The van der Waals surface area contributed by atoms with Gasteiger partial charge in [-0.05, 0) is 58.3 Å². The molecule has 1 heterocycles. The highest BCUT2D eigenvalue weighted by Crippen LogP contribution is 2.31. The van der Waals surface area contributed by atoms with E-state index in [1.807, 2.05) is 18.2 Å². The molecule has 1 saturated heterocycles. The molecule has 1 fully saturated rings. The maximum absolute atomic E-state index is 14.3. The first-order valence-electron chi connectivity index (χ1n) is 10.1. The summed E-state index contributed by atoms with van der Waals surface area (Å²) in [6.45, 7) is 1.44. The highest BCUT2D eigenvalue weighted by Gasteiger charge is 2.27. The minimum Gasteiger partial charge on any atom is -0.423 e. The minimum atomic E-state index is -1.59. The van der Waals surface area contributed by atoms with Gasteiger partial charge in [-0.2, -0.15) is 0 Å². The topological polar surface area (TPSA) is 86.8 Å². The van der Waals surface area contributed by atoms with Crippen LogP contribution < -0.4 is 11.2 Å². The average Bonchev–Trinajstić information content (AvgIpc) is 2.78. The number of likely N-dealkylation sites (tertiary alicyclic amines) is 1. The van der Waals surface area contributed by atoms with E-state index >= 15 is 0 Å². The van der Waals surface area contributed by atoms with Crippen molar-refractivity contribution in [3.63, 3.8) is 0 Å². The second-order valence-corrected chi connectivity index (χ2v) is 7.79. The number of nitrogens with zero attached hydrogens (tertiary/aromatic N) is 1. The van der Waals surface area contributed by atoms with E-state index in [1.54, 1.807) is 35.2 Å². The van der Waals surface area contributed by atoms with Crippen LogP contribution in [-0.4, -0.2) is 41.1 Å². The summed E-state index contributed by atoms with van der Waals surface area (Å²) >= 11 is 0. The first kappa shape index (κ1) is 20.5. The van der Waals surface area contributed by atoms with Crippen molar-refractivity contribution in [3.05, 3.63) is 77.1 Å². The lowest BCUT2D eigenvalue weighted by atomic mass is 9.79. The first-order valence-corrected chi connectivity index (χ1v) is 10.1. The van der Waals surface area contributed by atoms with E-state index < -0.39 is 7.12 Å². The summed E-state index contributed by atoms with van der Waals surface area (Å²) in [6, 6.07) is 15.5. The van der Waals surface area contributed by atoms with Crippen LogP contribution in [0.25, 0.3) is 10.8 Å². The zero-order valence-corrected chi connectivity index (χ0v) is 16.6. The Hall–Kier alpha value is -2.74. The van der Waals surface area contributed by atoms with E-state index in [0.29, 0.717) is 54.5 Å². The largest absolute Gasteiger partial charge is 0.488 e.